The first-order valence-corrected chi connectivity index (χ1v) is 4.84. The molecule has 1 rings (SSSR count). The highest BCUT2D eigenvalue weighted by Gasteiger charge is 2.33. The third kappa shape index (κ3) is 4.19. The summed E-state index contributed by atoms with van der Waals surface area (Å²) in [6.07, 6.45) is -3.05. The van der Waals surface area contributed by atoms with Gasteiger partial charge in [0.05, 0.1) is 13.2 Å². The molecule has 7 heteroatoms. The number of ether oxygens (including phenoxy) is 1. The molecule has 0 saturated carbocycles. The first-order chi connectivity index (χ1) is 7.54. The second kappa shape index (κ2) is 5.86. The monoisotopic (exact) mass is 237 g/mol. The molecule has 0 bridgehead atoms. The van der Waals surface area contributed by atoms with E-state index in [9.17, 15) is 13.2 Å². The molecular formula is C9H14F3N3O. The van der Waals surface area contributed by atoms with Gasteiger partial charge in [0.1, 0.15) is 0 Å². The Labute approximate surface area is 91.4 Å². The molecule has 0 spiro atoms. The Bertz CT molecular complexity index is 311. The van der Waals surface area contributed by atoms with Crippen LogP contribution in [-0.4, -0.2) is 36.6 Å². The fourth-order valence-corrected chi connectivity index (χ4v) is 1.13. The van der Waals surface area contributed by atoms with E-state index in [1.165, 1.54) is 10.9 Å². The van der Waals surface area contributed by atoms with E-state index in [2.05, 4.69) is 10.4 Å². The smallest absolute Gasteiger partial charge is 0.383 e. The summed E-state index contributed by atoms with van der Waals surface area (Å²) < 4.78 is 42.6. The van der Waals surface area contributed by atoms with Crippen LogP contribution in [0.1, 0.15) is 5.69 Å². The summed E-state index contributed by atoms with van der Waals surface area (Å²) >= 11 is 0. The molecule has 0 aromatic carbocycles. The van der Waals surface area contributed by atoms with Crippen molar-refractivity contribution in [3.8, 4) is 0 Å². The number of halogens is 3. The highest BCUT2D eigenvalue weighted by atomic mass is 19.4. The maximum absolute atomic E-state index is 12.2. The molecule has 0 aliphatic carbocycles. The summed E-state index contributed by atoms with van der Waals surface area (Å²) in [5, 5.41) is 6.44. The number of methoxy groups -OCH3 is 1. The van der Waals surface area contributed by atoms with Crippen LogP contribution in [0, 0.1) is 0 Å². The Kier molecular flexibility index (Phi) is 4.75. The molecular weight excluding hydrogens is 223 g/mol. The highest BCUT2D eigenvalue weighted by molar-refractivity contribution is 5.03. The van der Waals surface area contributed by atoms with E-state index in [0.717, 1.165) is 6.07 Å². The van der Waals surface area contributed by atoms with Gasteiger partial charge in [0.2, 0.25) is 0 Å². The molecule has 4 nitrogen and oxygen atoms in total. The van der Waals surface area contributed by atoms with Crippen LogP contribution in [0.3, 0.4) is 0 Å². The number of hydrogen-bond donors (Lipinski definition) is 1. The zero-order valence-corrected chi connectivity index (χ0v) is 8.92. The summed E-state index contributed by atoms with van der Waals surface area (Å²) in [5.41, 5.74) is -0.857. The predicted octanol–water partition coefficient (Wildman–Crippen LogP) is 1.14. The van der Waals surface area contributed by atoms with Crippen molar-refractivity contribution in [1.82, 2.24) is 15.1 Å². The fraction of sp³-hybridized carbons (Fsp3) is 0.667. The third-order valence-corrected chi connectivity index (χ3v) is 1.93. The maximum Gasteiger partial charge on any atom is 0.435 e. The maximum atomic E-state index is 12.2. The van der Waals surface area contributed by atoms with E-state index in [4.69, 9.17) is 4.74 Å². The minimum absolute atomic E-state index is 0.403. The average molecular weight is 237 g/mol. The van der Waals surface area contributed by atoms with Gasteiger partial charge in [-0.3, -0.25) is 4.68 Å². The van der Waals surface area contributed by atoms with Crippen LogP contribution in [0.2, 0.25) is 0 Å². The van der Waals surface area contributed by atoms with Crippen LogP contribution in [0.25, 0.3) is 0 Å². The van der Waals surface area contributed by atoms with E-state index >= 15 is 0 Å². The number of aromatic nitrogens is 2. The van der Waals surface area contributed by atoms with E-state index in [1.807, 2.05) is 0 Å². The average Bonchev–Trinajstić information content (AvgIpc) is 2.65. The van der Waals surface area contributed by atoms with Crippen molar-refractivity contribution in [2.45, 2.75) is 12.7 Å². The van der Waals surface area contributed by atoms with Gasteiger partial charge >= 0.3 is 6.18 Å². The second-order valence-corrected chi connectivity index (χ2v) is 3.20. The molecule has 0 aliphatic rings. The van der Waals surface area contributed by atoms with Gasteiger partial charge in [-0.1, -0.05) is 0 Å². The number of hydrogen-bond acceptors (Lipinski definition) is 3. The SMILES string of the molecule is COCCNCCn1ccc(C(F)(F)F)n1. The van der Waals surface area contributed by atoms with Crippen molar-refractivity contribution in [3.05, 3.63) is 18.0 Å². The van der Waals surface area contributed by atoms with Crippen LogP contribution in [0.15, 0.2) is 12.3 Å². The van der Waals surface area contributed by atoms with Crippen LogP contribution in [-0.2, 0) is 17.5 Å². The fourth-order valence-electron chi connectivity index (χ4n) is 1.13. The third-order valence-electron chi connectivity index (χ3n) is 1.93. The van der Waals surface area contributed by atoms with E-state index in [-0.39, 0.29) is 0 Å². The molecule has 16 heavy (non-hydrogen) atoms. The standard InChI is InChI=1S/C9H14F3N3O/c1-16-7-4-13-3-6-15-5-2-8(14-15)9(10,11)12/h2,5,13H,3-4,6-7H2,1H3. The molecule has 0 fully saturated rings. The topological polar surface area (TPSA) is 39.1 Å². The number of alkyl halides is 3. The van der Waals surface area contributed by atoms with Gasteiger partial charge in [-0.25, -0.2) is 0 Å². The van der Waals surface area contributed by atoms with E-state index in [1.54, 1.807) is 7.11 Å². The molecule has 0 saturated heterocycles. The Morgan fingerprint density at radius 1 is 1.44 bits per heavy atom. The Morgan fingerprint density at radius 3 is 2.75 bits per heavy atom. The Morgan fingerprint density at radius 2 is 2.19 bits per heavy atom. The van der Waals surface area contributed by atoms with Crippen molar-refractivity contribution < 1.29 is 17.9 Å². The minimum Gasteiger partial charge on any atom is -0.383 e. The lowest BCUT2D eigenvalue weighted by Gasteiger charge is -2.04. The predicted molar refractivity (Wildman–Crippen MR) is 52.0 cm³/mol. The highest BCUT2D eigenvalue weighted by Crippen LogP contribution is 2.26. The van der Waals surface area contributed by atoms with Crippen LogP contribution in [0.4, 0.5) is 13.2 Å². The zero-order chi connectivity index (χ0) is 12.0. The molecule has 0 aliphatic heterocycles. The lowest BCUT2D eigenvalue weighted by Crippen LogP contribution is -2.24. The second-order valence-electron chi connectivity index (χ2n) is 3.20. The number of nitrogens with one attached hydrogen (secondary N) is 1. The van der Waals surface area contributed by atoms with Crippen LogP contribution >= 0.6 is 0 Å². The van der Waals surface area contributed by atoms with Crippen molar-refractivity contribution in [2.75, 3.05) is 26.8 Å². The molecule has 0 atom stereocenters. The van der Waals surface area contributed by atoms with Crippen LogP contribution in [0.5, 0.6) is 0 Å². The molecule has 1 aromatic heterocycles. The lowest BCUT2D eigenvalue weighted by molar-refractivity contribution is -0.141. The van der Waals surface area contributed by atoms with Crippen molar-refractivity contribution in [2.24, 2.45) is 0 Å². The molecule has 0 unspecified atom stereocenters. The van der Waals surface area contributed by atoms with Crippen molar-refractivity contribution in [3.63, 3.8) is 0 Å². The summed E-state index contributed by atoms with van der Waals surface area (Å²) in [5.74, 6) is 0. The largest absolute Gasteiger partial charge is 0.435 e. The quantitative estimate of drug-likeness (QED) is 0.754. The molecule has 1 N–H and O–H groups in total. The molecule has 0 radical (unpaired) electrons. The van der Waals surface area contributed by atoms with Gasteiger partial charge in [0, 0.05) is 26.4 Å². The van der Waals surface area contributed by atoms with E-state index in [0.29, 0.717) is 26.2 Å². The van der Waals surface area contributed by atoms with E-state index < -0.39 is 11.9 Å². The summed E-state index contributed by atoms with van der Waals surface area (Å²) in [6.45, 7) is 2.21. The molecule has 0 amide bonds. The number of rotatable bonds is 6. The minimum atomic E-state index is -4.37. The first kappa shape index (κ1) is 13.0. The van der Waals surface area contributed by atoms with Gasteiger partial charge in [0.15, 0.2) is 5.69 Å². The summed E-state index contributed by atoms with van der Waals surface area (Å²) in [7, 11) is 1.59. The Hall–Kier alpha value is -1.08. The number of nitrogens with zero attached hydrogens (tertiary/aromatic N) is 2. The first-order valence-electron chi connectivity index (χ1n) is 4.84. The molecule has 1 heterocycles. The summed E-state index contributed by atoms with van der Waals surface area (Å²) in [4.78, 5) is 0. The van der Waals surface area contributed by atoms with Gasteiger partial charge in [0.25, 0.3) is 0 Å². The van der Waals surface area contributed by atoms with Gasteiger partial charge in [-0.05, 0) is 6.07 Å². The zero-order valence-electron chi connectivity index (χ0n) is 8.92. The summed E-state index contributed by atoms with van der Waals surface area (Å²) in [6, 6.07) is 0.967. The van der Waals surface area contributed by atoms with Gasteiger partial charge in [-0.15, -0.1) is 0 Å². The Balaban J connectivity index is 2.30. The lowest BCUT2D eigenvalue weighted by atomic mass is 10.4. The van der Waals surface area contributed by atoms with Gasteiger partial charge in [-0.2, -0.15) is 18.3 Å². The molecule has 92 valence electrons. The van der Waals surface area contributed by atoms with Crippen molar-refractivity contribution >= 4 is 0 Å². The molecule has 1 aromatic rings. The van der Waals surface area contributed by atoms with Gasteiger partial charge < -0.3 is 10.1 Å². The van der Waals surface area contributed by atoms with Crippen LogP contribution < -0.4 is 5.32 Å². The van der Waals surface area contributed by atoms with Crippen molar-refractivity contribution in [1.29, 1.82) is 0 Å². The normalized spacial score (nSPS) is 12.0.